The first-order chi connectivity index (χ1) is 15.1. The number of carbonyl (C=O) groups excluding carboxylic acids is 5. The largest absolute Gasteiger partial charge is 0.467 e. The van der Waals surface area contributed by atoms with Crippen molar-refractivity contribution in [1.29, 1.82) is 0 Å². The number of hydrogen-bond acceptors (Lipinski definition) is 7. The van der Waals surface area contributed by atoms with Crippen LogP contribution in [-0.2, 0) is 14.3 Å². The SMILES string of the molecule is COC(=O)C(C(C)C)N1C(=O)c2ccc(Br)cc2C1=O.O=C1OC(=O)c2cc(Br)ccc21. The summed E-state index contributed by atoms with van der Waals surface area (Å²) in [5, 5.41) is 0. The molecule has 32 heavy (non-hydrogen) atoms. The molecule has 0 N–H and O–H groups in total. The molecular weight excluding hydrogens is 550 g/mol. The Bertz CT molecular complexity index is 1160. The second kappa shape index (κ2) is 9.33. The lowest BCUT2D eigenvalue weighted by Crippen LogP contribution is -2.48. The molecule has 0 radical (unpaired) electrons. The van der Waals surface area contributed by atoms with Gasteiger partial charge in [-0.3, -0.25) is 14.5 Å². The lowest BCUT2D eigenvalue weighted by molar-refractivity contribution is -0.146. The predicted molar refractivity (Wildman–Crippen MR) is 119 cm³/mol. The van der Waals surface area contributed by atoms with Gasteiger partial charge in [0.25, 0.3) is 11.8 Å². The summed E-state index contributed by atoms with van der Waals surface area (Å²) in [4.78, 5) is 59.5. The van der Waals surface area contributed by atoms with Crippen LogP contribution in [0.15, 0.2) is 45.3 Å². The number of rotatable bonds is 3. The van der Waals surface area contributed by atoms with Crippen LogP contribution in [-0.4, -0.2) is 47.8 Å². The van der Waals surface area contributed by atoms with Gasteiger partial charge < -0.3 is 9.47 Å². The van der Waals surface area contributed by atoms with Crippen molar-refractivity contribution in [3.05, 3.63) is 67.6 Å². The van der Waals surface area contributed by atoms with Gasteiger partial charge in [-0.2, -0.15) is 0 Å². The second-order valence-electron chi connectivity index (χ2n) is 7.25. The molecule has 0 spiro atoms. The van der Waals surface area contributed by atoms with E-state index in [4.69, 9.17) is 4.74 Å². The van der Waals surface area contributed by atoms with Gasteiger partial charge in [0.05, 0.1) is 29.4 Å². The van der Waals surface area contributed by atoms with Gasteiger partial charge in [-0.25, -0.2) is 14.4 Å². The van der Waals surface area contributed by atoms with Crippen molar-refractivity contribution >= 4 is 61.6 Å². The van der Waals surface area contributed by atoms with Crippen LogP contribution in [0.25, 0.3) is 0 Å². The number of carbonyl (C=O) groups is 5. The van der Waals surface area contributed by atoms with Crippen molar-refractivity contribution in [3.8, 4) is 0 Å². The fourth-order valence-electron chi connectivity index (χ4n) is 3.34. The highest BCUT2D eigenvalue weighted by Crippen LogP contribution is 2.29. The van der Waals surface area contributed by atoms with Crippen LogP contribution in [0, 0.1) is 5.92 Å². The maximum absolute atomic E-state index is 12.4. The van der Waals surface area contributed by atoms with E-state index in [1.54, 1.807) is 50.2 Å². The maximum Gasteiger partial charge on any atom is 0.346 e. The molecule has 0 aromatic heterocycles. The molecule has 0 aliphatic carbocycles. The fourth-order valence-corrected chi connectivity index (χ4v) is 4.06. The van der Waals surface area contributed by atoms with Crippen LogP contribution in [0.5, 0.6) is 0 Å². The highest BCUT2D eigenvalue weighted by molar-refractivity contribution is 9.10. The molecule has 10 heteroatoms. The van der Waals surface area contributed by atoms with E-state index in [0.717, 1.165) is 9.37 Å². The van der Waals surface area contributed by atoms with Gasteiger partial charge in [-0.15, -0.1) is 0 Å². The molecule has 0 bridgehead atoms. The predicted octanol–water partition coefficient (Wildman–Crippen LogP) is 4.00. The van der Waals surface area contributed by atoms with Gasteiger partial charge in [0.15, 0.2) is 0 Å². The third-order valence-corrected chi connectivity index (χ3v) is 5.83. The molecule has 1 unspecified atom stereocenters. The first kappa shape index (κ1) is 23.8. The molecule has 1 atom stereocenters. The minimum Gasteiger partial charge on any atom is -0.467 e. The van der Waals surface area contributed by atoms with Crippen LogP contribution >= 0.6 is 31.9 Å². The van der Waals surface area contributed by atoms with Gasteiger partial charge in [0.2, 0.25) is 0 Å². The number of fused-ring (bicyclic) bond motifs is 2. The average Bonchev–Trinajstić information content (AvgIpc) is 3.15. The van der Waals surface area contributed by atoms with Gasteiger partial charge in [-0.1, -0.05) is 45.7 Å². The number of halogens is 2. The quantitative estimate of drug-likeness (QED) is 0.314. The zero-order valence-corrected chi connectivity index (χ0v) is 20.4. The van der Waals surface area contributed by atoms with E-state index < -0.39 is 35.8 Å². The smallest absolute Gasteiger partial charge is 0.346 e. The van der Waals surface area contributed by atoms with E-state index in [9.17, 15) is 24.0 Å². The molecule has 0 saturated carbocycles. The summed E-state index contributed by atoms with van der Waals surface area (Å²) < 4.78 is 10.6. The Morgan fingerprint density at radius 1 is 0.844 bits per heavy atom. The van der Waals surface area contributed by atoms with E-state index in [0.29, 0.717) is 26.7 Å². The molecule has 2 aromatic carbocycles. The monoisotopic (exact) mass is 565 g/mol. The van der Waals surface area contributed by atoms with Gasteiger partial charge in [0, 0.05) is 8.95 Å². The first-order valence-corrected chi connectivity index (χ1v) is 11.0. The van der Waals surface area contributed by atoms with Gasteiger partial charge in [-0.05, 0) is 42.3 Å². The first-order valence-electron chi connectivity index (χ1n) is 9.38. The molecule has 2 amide bonds. The topological polar surface area (TPSA) is 107 Å². The van der Waals surface area contributed by atoms with Crippen molar-refractivity contribution in [3.63, 3.8) is 0 Å². The molecule has 8 nitrogen and oxygen atoms in total. The van der Waals surface area contributed by atoms with E-state index in [1.807, 2.05) is 0 Å². The van der Waals surface area contributed by atoms with E-state index >= 15 is 0 Å². The Balaban J connectivity index is 0.000000204. The Kier molecular flexibility index (Phi) is 6.94. The van der Waals surface area contributed by atoms with Crippen molar-refractivity contribution < 1.29 is 33.4 Å². The molecule has 2 aromatic rings. The highest BCUT2D eigenvalue weighted by Gasteiger charge is 2.44. The molecule has 4 rings (SSSR count). The number of esters is 3. The highest BCUT2D eigenvalue weighted by atomic mass is 79.9. The zero-order chi connectivity index (χ0) is 23.7. The lowest BCUT2D eigenvalue weighted by Gasteiger charge is -2.26. The van der Waals surface area contributed by atoms with E-state index in [-0.39, 0.29) is 5.92 Å². The maximum atomic E-state index is 12.4. The molecule has 2 aliphatic rings. The summed E-state index contributed by atoms with van der Waals surface area (Å²) in [6.07, 6.45) is 0. The standard InChI is InChI=1S/C14H14BrNO4.C8H3BrO3/c1-7(2)11(14(19)20-3)16-12(17)9-5-4-8(15)6-10(9)13(16)18;9-4-1-2-5-6(3-4)8(11)12-7(5)10/h4-7,11H,1-3H3;1-3H. The van der Waals surface area contributed by atoms with Crippen LogP contribution in [0.2, 0.25) is 0 Å². The minimum absolute atomic E-state index is 0.229. The molecular formula is C22H17Br2NO7. The number of benzene rings is 2. The number of cyclic esters (lactones) is 2. The van der Waals surface area contributed by atoms with Crippen LogP contribution in [0.4, 0.5) is 0 Å². The van der Waals surface area contributed by atoms with E-state index in [2.05, 4.69) is 36.6 Å². The van der Waals surface area contributed by atoms with Gasteiger partial charge in [0.1, 0.15) is 6.04 Å². The Morgan fingerprint density at radius 2 is 1.34 bits per heavy atom. The summed E-state index contributed by atoms with van der Waals surface area (Å²) in [6.45, 7) is 3.53. The Morgan fingerprint density at radius 3 is 1.91 bits per heavy atom. The summed E-state index contributed by atoms with van der Waals surface area (Å²) in [7, 11) is 1.24. The summed E-state index contributed by atoms with van der Waals surface area (Å²) in [5.74, 6) is -2.88. The van der Waals surface area contributed by atoms with Crippen molar-refractivity contribution in [2.75, 3.05) is 7.11 Å². The summed E-state index contributed by atoms with van der Waals surface area (Å²) >= 11 is 6.46. The third kappa shape index (κ3) is 4.37. The van der Waals surface area contributed by atoms with Crippen molar-refractivity contribution in [2.24, 2.45) is 5.92 Å². The number of ether oxygens (including phenoxy) is 2. The fraction of sp³-hybridized carbons (Fsp3) is 0.227. The van der Waals surface area contributed by atoms with Crippen LogP contribution in [0.3, 0.4) is 0 Å². The lowest BCUT2D eigenvalue weighted by atomic mass is 10.0. The van der Waals surface area contributed by atoms with Crippen molar-refractivity contribution in [1.82, 2.24) is 4.90 Å². The number of hydrogen-bond donors (Lipinski definition) is 0. The minimum atomic E-state index is -0.911. The number of nitrogens with zero attached hydrogens (tertiary/aromatic N) is 1. The second-order valence-corrected chi connectivity index (χ2v) is 9.08. The van der Waals surface area contributed by atoms with Crippen molar-refractivity contribution in [2.45, 2.75) is 19.9 Å². The molecule has 2 aliphatic heterocycles. The van der Waals surface area contributed by atoms with Crippen LogP contribution in [0.1, 0.15) is 55.3 Å². The van der Waals surface area contributed by atoms with E-state index in [1.165, 1.54) is 7.11 Å². The molecule has 0 saturated heterocycles. The number of amides is 2. The van der Waals surface area contributed by atoms with Gasteiger partial charge >= 0.3 is 17.9 Å². The van der Waals surface area contributed by atoms with Crippen LogP contribution < -0.4 is 0 Å². The zero-order valence-electron chi connectivity index (χ0n) is 17.2. The molecule has 2 heterocycles. The molecule has 166 valence electrons. The normalized spacial score (nSPS) is 15.1. The average molecular weight is 567 g/mol. The Hall–Kier alpha value is -2.85. The third-order valence-electron chi connectivity index (χ3n) is 4.84. The Labute approximate surface area is 200 Å². The number of imide groups is 1. The summed E-state index contributed by atoms with van der Waals surface area (Å²) in [5.41, 5.74) is 1.28. The number of methoxy groups -OCH3 is 1. The summed E-state index contributed by atoms with van der Waals surface area (Å²) in [6, 6.07) is 8.77. The molecule has 0 fully saturated rings.